The third-order valence-electron chi connectivity index (χ3n) is 3.25. The Morgan fingerprint density at radius 3 is 2.75 bits per heavy atom. The molecule has 0 fully saturated rings. The predicted octanol–water partition coefficient (Wildman–Crippen LogP) is 4.45. The molecular formula is C18H16BrClO4. The van der Waals surface area contributed by atoms with Crippen LogP contribution in [0.1, 0.15) is 28.4 Å². The van der Waals surface area contributed by atoms with Crippen LogP contribution in [0.3, 0.4) is 0 Å². The molecule has 0 aliphatic carbocycles. The number of hydrogen-bond acceptors (Lipinski definition) is 4. The van der Waals surface area contributed by atoms with Gasteiger partial charge in [-0.05, 0) is 54.8 Å². The Bertz CT molecular complexity index is 746. The number of halogens is 2. The Hall–Kier alpha value is -1.85. The quantitative estimate of drug-likeness (QED) is 0.499. The maximum Gasteiger partial charge on any atom is 0.344 e. The van der Waals surface area contributed by atoms with E-state index in [9.17, 15) is 9.59 Å². The first-order chi connectivity index (χ1) is 11.5. The van der Waals surface area contributed by atoms with E-state index in [1.165, 1.54) is 0 Å². The zero-order chi connectivity index (χ0) is 17.5. The van der Waals surface area contributed by atoms with Crippen molar-refractivity contribution < 1.29 is 19.1 Å². The number of hydrogen-bond donors (Lipinski definition) is 0. The molecule has 0 saturated heterocycles. The van der Waals surface area contributed by atoms with Gasteiger partial charge in [0.15, 0.2) is 12.9 Å². The fraction of sp³-hybridized carbons (Fsp3) is 0.222. The molecule has 126 valence electrons. The van der Waals surface area contributed by atoms with Gasteiger partial charge in [-0.25, -0.2) is 4.79 Å². The highest BCUT2D eigenvalue weighted by atomic mass is 79.9. The molecule has 4 nitrogen and oxygen atoms in total. The second kappa shape index (κ2) is 8.85. The van der Waals surface area contributed by atoms with Crippen molar-refractivity contribution in [1.82, 2.24) is 0 Å². The van der Waals surface area contributed by atoms with Crippen LogP contribution in [-0.2, 0) is 16.0 Å². The summed E-state index contributed by atoms with van der Waals surface area (Å²) in [5.41, 5.74) is 2.24. The van der Waals surface area contributed by atoms with Crippen molar-refractivity contribution in [2.24, 2.45) is 0 Å². The Labute approximate surface area is 153 Å². The minimum Gasteiger partial charge on any atom is -0.481 e. The van der Waals surface area contributed by atoms with Crippen LogP contribution in [0.4, 0.5) is 0 Å². The van der Waals surface area contributed by atoms with E-state index >= 15 is 0 Å². The summed E-state index contributed by atoms with van der Waals surface area (Å²) in [6.07, 6.45) is 1.28. The lowest BCUT2D eigenvalue weighted by molar-refractivity contribution is -0.145. The molecule has 0 bridgehead atoms. The summed E-state index contributed by atoms with van der Waals surface area (Å²) in [5.74, 6) is -0.124. The van der Waals surface area contributed by atoms with E-state index < -0.39 is 5.97 Å². The molecule has 0 heterocycles. The van der Waals surface area contributed by atoms with E-state index in [1.54, 1.807) is 19.1 Å². The lowest BCUT2D eigenvalue weighted by Crippen LogP contribution is -2.15. The van der Waals surface area contributed by atoms with Crippen molar-refractivity contribution in [3.05, 3.63) is 62.6 Å². The average molecular weight is 412 g/mol. The maximum atomic E-state index is 11.3. The summed E-state index contributed by atoms with van der Waals surface area (Å²) in [6.45, 7) is 1.77. The molecule has 24 heavy (non-hydrogen) atoms. The van der Waals surface area contributed by atoms with Crippen LogP contribution >= 0.6 is 27.5 Å². The Morgan fingerprint density at radius 1 is 1.25 bits per heavy atom. The summed E-state index contributed by atoms with van der Waals surface area (Å²) >= 11 is 9.62. The molecule has 0 aromatic heterocycles. The molecule has 0 radical (unpaired) electrons. The maximum absolute atomic E-state index is 11.3. The molecule has 0 saturated carbocycles. The molecule has 0 atom stereocenters. The van der Waals surface area contributed by atoms with E-state index in [0.29, 0.717) is 29.0 Å². The summed E-state index contributed by atoms with van der Waals surface area (Å²) in [4.78, 5) is 22.6. The Morgan fingerprint density at radius 2 is 2.04 bits per heavy atom. The fourth-order valence-corrected chi connectivity index (χ4v) is 2.76. The van der Waals surface area contributed by atoms with Crippen LogP contribution in [0.25, 0.3) is 0 Å². The van der Waals surface area contributed by atoms with Crippen molar-refractivity contribution in [2.75, 3.05) is 13.2 Å². The zero-order valence-corrected chi connectivity index (χ0v) is 15.4. The zero-order valence-electron chi connectivity index (χ0n) is 13.1. The van der Waals surface area contributed by atoms with Gasteiger partial charge in [0, 0.05) is 9.50 Å². The molecule has 2 aromatic carbocycles. The van der Waals surface area contributed by atoms with Crippen molar-refractivity contribution in [1.29, 1.82) is 0 Å². The van der Waals surface area contributed by atoms with Crippen LogP contribution in [0.2, 0.25) is 5.02 Å². The molecule has 6 heteroatoms. The Kier molecular flexibility index (Phi) is 6.82. The van der Waals surface area contributed by atoms with Gasteiger partial charge in [0.05, 0.1) is 12.2 Å². The van der Waals surface area contributed by atoms with Gasteiger partial charge in [0.2, 0.25) is 0 Å². The summed E-state index contributed by atoms with van der Waals surface area (Å²) in [5, 5.41) is 0.661. The van der Waals surface area contributed by atoms with E-state index in [1.807, 2.05) is 24.3 Å². The van der Waals surface area contributed by atoms with E-state index in [2.05, 4.69) is 15.9 Å². The van der Waals surface area contributed by atoms with Gasteiger partial charge < -0.3 is 9.47 Å². The Balaban J connectivity index is 2.14. The van der Waals surface area contributed by atoms with Gasteiger partial charge in [-0.1, -0.05) is 33.6 Å². The summed E-state index contributed by atoms with van der Waals surface area (Å²) in [6, 6.07) is 10.9. The van der Waals surface area contributed by atoms with Crippen LogP contribution in [-0.4, -0.2) is 25.5 Å². The van der Waals surface area contributed by atoms with E-state index in [-0.39, 0.29) is 13.2 Å². The average Bonchev–Trinajstić information content (AvgIpc) is 2.57. The summed E-state index contributed by atoms with van der Waals surface area (Å²) in [7, 11) is 0. The normalized spacial score (nSPS) is 10.3. The second-order valence-corrected chi connectivity index (χ2v) is 6.32. The highest BCUT2D eigenvalue weighted by Crippen LogP contribution is 2.25. The number of carbonyl (C=O) groups excluding carboxylic acids is 2. The number of benzene rings is 2. The van der Waals surface area contributed by atoms with Crippen LogP contribution < -0.4 is 4.74 Å². The second-order valence-electron chi connectivity index (χ2n) is 5.00. The first-order valence-corrected chi connectivity index (χ1v) is 8.51. The standard InChI is InChI=1S/C18H16BrClO4/c1-2-23-18(22)11-24-17-6-3-12(8-14(17)10-21)7-13-9-15(19)4-5-16(13)20/h3-6,8-10H,2,7,11H2,1H3. The molecule has 0 aliphatic rings. The first kappa shape index (κ1) is 18.5. The van der Waals surface area contributed by atoms with E-state index in [0.717, 1.165) is 15.6 Å². The number of esters is 1. The van der Waals surface area contributed by atoms with Crippen molar-refractivity contribution >= 4 is 39.8 Å². The third kappa shape index (κ3) is 5.08. The van der Waals surface area contributed by atoms with Crippen LogP contribution in [0.5, 0.6) is 5.75 Å². The van der Waals surface area contributed by atoms with Crippen LogP contribution in [0.15, 0.2) is 40.9 Å². The van der Waals surface area contributed by atoms with Gasteiger partial charge in [0.25, 0.3) is 0 Å². The van der Waals surface area contributed by atoms with Gasteiger partial charge in [-0.3, -0.25) is 4.79 Å². The van der Waals surface area contributed by atoms with Crippen molar-refractivity contribution in [3.8, 4) is 5.75 Å². The van der Waals surface area contributed by atoms with Crippen LogP contribution in [0, 0.1) is 0 Å². The van der Waals surface area contributed by atoms with E-state index in [4.69, 9.17) is 21.1 Å². The molecule has 2 rings (SSSR count). The monoisotopic (exact) mass is 410 g/mol. The van der Waals surface area contributed by atoms with Gasteiger partial charge in [-0.15, -0.1) is 0 Å². The largest absolute Gasteiger partial charge is 0.481 e. The van der Waals surface area contributed by atoms with Crippen molar-refractivity contribution in [2.45, 2.75) is 13.3 Å². The minimum absolute atomic E-state index is 0.231. The molecule has 2 aromatic rings. The molecule has 0 aliphatic heterocycles. The minimum atomic E-state index is -0.473. The molecule has 0 amide bonds. The third-order valence-corrected chi connectivity index (χ3v) is 4.12. The van der Waals surface area contributed by atoms with Crippen molar-refractivity contribution in [3.63, 3.8) is 0 Å². The molecule has 0 spiro atoms. The van der Waals surface area contributed by atoms with Gasteiger partial charge in [0.1, 0.15) is 5.75 Å². The lowest BCUT2D eigenvalue weighted by atomic mass is 10.0. The highest BCUT2D eigenvalue weighted by molar-refractivity contribution is 9.10. The highest BCUT2D eigenvalue weighted by Gasteiger charge is 2.10. The number of carbonyl (C=O) groups is 2. The number of ether oxygens (including phenoxy) is 2. The molecule has 0 unspecified atom stereocenters. The smallest absolute Gasteiger partial charge is 0.344 e. The first-order valence-electron chi connectivity index (χ1n) is 7.34. The fourth-order valence-electron chi connectivity index (χ4n) is 2.17. The van der Waals surface area contributed by atoms with Gasteiger partial charge >= 0.3 is 5.97 Å². The molecule has 0 N–H and O–H groups in total. The SMILES string of the molecule is CCOC(=O)COc1ccc(Cc2cc(Br)ccc2Cl)cc1C=O. The topological polar surface area (TPSA) is 52.6 Å². The lowest BCUT2D eigenvalue weighted by Gasteiger charge is -2.10. The summed E-state index contributed by atoms with van der Waals surface area (Å²) < 4.78 is 11.1. The number of aldehydes is 1. The van der Waals surface area contributed by atoms with Gasteiger partial charge in [-0.2, -0.15) is 0 Å². The number of rotatable bonds is 7. The predicted molar refractivity (Wildman–Crippen MR) is 95.9 cm³/mol. The molecular weight excluding hydrogens is 396 g/mol.